The van der Waals surface area contributed by atoms with E-state index >= 15 is 0 Å². The van der Waals surface area contributed by atoms with Crippen LogP contribution in [-0.2, 0) is 19.1 Å². The number of fused-ring (bicyclic) bond motifs is 1. The Bertz CT molecular complexity index is 644. The van der Waals surface area contributed by atoms with Crippen molar-refractivity contribution in [3.05, 3.63) is 35.3 Å². The summed E-state index contributed by atoms with van der Waals surface area (Å²) in [6.45, 7) is 4.85. The molecule has 4 atom stereocenters. The van der Waals surface area contributed by atoms with Crippen molar-refractivity contribution in [2.75, 3.05) is 0 Å². The quantitative estimate of drug-likeness (QED) is 0.840. The number of furan rings is 1. The summed E-state index contributed by atoms with van der Waals surface area (Å²) >= 11 is 0. The van der Waals surface area contributed by atoms with Crippen molar-refractivity contribution in [2.45, 2.75) is 45.5 Å². The van der Waals surface area contributed by atoms with Crippen LogP contribution in [0.5, 0.6) is 0 Å². The van der Waals surface area contributed by atoms with E-state index in [0.29, 0.717) is 16.7 Å². The SMILES string of the molecule is CC(=O)O[C@H]1C[C@@H](O)C(C)=C2C(=O)O[C@@H](c3ccoc3)[C@@]21C. The average molecular weight is 306 g/mol. The van der Waals surface area contributed by atoms with E-state index in [0.717, 1.165) is 0 Å². The lowest BCUT2D eigenvalue weighted by atomic mass is 9.65. The predicted octanol–water partition coefficient (Wildman–Crippen LogP) is 1.90. The fourth-order valence-electron chi connectivity index (χ4n) is 3.56. The van der Waals surface area contributed by atoms with Crippen LogP contribution < -0.4 is 0 Å². The number of hydrogen-bond donors (Lipinski definition) is 1. The van der Waals surface area contributed by atoms with E-state index in [9.17, 15) is 14.7 Å². The second-order valence-electron chi connectivity index (χ2n) is 6.03. The number of carbonyl (C=O) groups excluding carboxylic acids is 2. The van der Waals surface area contributed by atoms with Crippen LogP contribution in [-0.4, -0.2) is 29.3 Å². The summed E-state index contributed by atoms with van der Waals surface area (Å²) < 4.78 is 16.0. The molecule has 2 heterocycles. The van der Waals surface area contributed by atoms with E-state index in [1.807, 2.05) is 6.92 Å². The minimum Gasteiger partial charge on any atom is -0.472 e. The van der Waals surface area contributed by atoms with Gasteiger partial charge < -0.3 is 19.0 Å². The number of rotatable bonds is 2. The summed E-state index contributed by atoms with van der Waals surface area (Å²) in [7, 11) is 0. The van der Waals surface area contributed by atoms with E-state index in [-0.39, 0.29) is 6.42 Å². The van der Waals surface area contributed by atoms with Crippen molar-refractivity contribution < 1.29 is 28.6 Å². The maximum Gasteiger partial charge on any atom is 0.335 e. The molecule has 6 nitrogen and oxygen atoms in total. The molecule has 1 fully saturated rings. The fourth-order valence-corrected chi connectivity index (χ4v) is 3.56. The lowest BCUT2D eigenvalue weighted by Gasteiger charge is -2.41. The van der Waals surface area contributed by atoms with Crippen LogP contribution in [0.3, 0.4) is 0 Å². The van der Waals surface area contributed by atoms with E-state index < -0.39 is 35.7 Å². The summed E-state index contributed by atoms with van der Waals surface area (Å²) in [5, 5.41) is 10.2. The molecule has 0 unspecified atom stereocenters. The normalized spacial score (nSPS) is 34.4. The number of carbonyl (C=O) groups is 2. The van der Waals surface area contributed by atoms with E-state index in [1.54, 1.807) is 13.0 Å². The Morgan fingerprint density at radius 1 is 1.50 bits per heavy atom. The zero-order valence-corrected chi connectivity index (χ0v) is 12.7. The summed E-state index contributed by atoms with van der Waals surface area (Å²) in [6.07, 6.45) is 1.15. The highest BCUT2D eigenvalue weighted by molar-refractivity contribution is 5.94. The average Bonchev–Trinajstić information content (AvgIpc) is 3.03. The number of aliphatic hydroxyl groups excluding tert-OH is 1. The molecule has 1 aliphatic heterocycles. The van der Waals surface area contributed by atoms with Crippen LogP contribution in [0.1, 0.15) is 38.9 Å². The number of aliphatic hydroxyl groups is 1. The van der Waals surface area contributed by atoms with Gasteiger partial charge in [-0.05, 0) is 25.5 Å². The minimum atomic E-state index is -0.851. The Kier molecular flexibility index (Phi) is 3.36. The fraction of sp³-hybridized carbons (Fsp3) is 0.500. The number of esters is 2. The Morgan fingerprint density at radius 2 is 2.23 bits per heavy atom. The van der Waals surface area contributed by atoms with Crippen molar-refractivity contribution >= 4 is 11.9 Å². The van der Waals surface area contributed by atoms with Crippen LogP contribution in [0.4, 0.5) is 0 Å². The molecular formula is C16H18O6. The van der Waals surface area contributed by atoms with Gasteiger partial charge in [-0.15, -0.1) is 0 Å². The molecular weight excluding hydrogens is 288 g/mol. The second kappa shape index (κ2) is 4.98. The van der Waals surface area contributed by atoms with Crippen LogP contribution in [0, 0.1) is 5.41 Å². The molecule has 22 heavy (non-hydrogen) atoms. The third-order valence-corrected chi connectivity index (χ3v) is 4.67. The Balaban J connectivity index is 2.14. The molecule has 0 bridgehead atoms. The molecule has 0 saturated carbocycles. The summed E-state index contributed by atoms with van der Waals surface area (Å²) in [5.74, 6) is -0.940. The Labute approximate surface area is 127 Å². The monoisotopic (exact) mass is 306 g/mol. The zero-order valence-electron chi connectivity index (χ0n) is 12.7. The molecule has 1 aromatic heterocycles. The van der Waals surface area contributed by atoms with Gasteiger partial charge in [0.05, 0.1) is 29.6 Å². The summed E-state index contributed by atoms with van der Waals surface area (Å²) in [4.78, 5) is 23.8. The molecule has 0 radical (unpaired) electrons. The third kappa shape index (κ3) is 1.98. The first-order valence-corrected chi connectivity index (χ1v) is 7.15. The van der Waals surface area contributed by atoms with Gasteiger partial charge in [0.15, 0.2) is 0 Å². The highest BCUT2D eigenvalue weighted by Crippen LogP contribution is 2.56. The predicted molar refractivity (Wildman–Crippen MR) is 74.5 cm³/mol. The van der Waals surface area contributed by atoms with Crippen molar-refractivity contribution in [1.82, 2.24) is 0 Å². The molecule has 0 aromatic carbocycles. The van der Waals surface area contributed by atoms with Crippen LogP contribution >= 0.6 is 0 Å². The Hall–Kier alpha value is -2.08. The molecule has 1 aromatic rings. The van der Waals surface area contributed by atoms with Crippen molar-refractivity contribution in [2.24, 2.45) is 5.41 Å². The van der Waals surface area contributed by atoms with Crippen LogP contribution in [0.2, 0.25) is 0 Å². The molecule has 1 saturated heterocycles. The molecule has 0 amide bonds. The molecule has 3 rings (SSSR count). The molecule has 1 aliphatic carbocycles. The van der Waals surface area contributed by atoms with Crippen molar-refractivity contribution in [3.63, 3.8) is 0 Å². The molecule has 2 aliphatic rings. The van der Waals surface area contributed by atoms with Gasteiger partial charge in [-0.2, -0.15) is 0 Å². The maximum atomic E-state index is 12.3. The molecule has 0 spiro atoms. The summed E-state index contributed by atoms with van der Waals surface area (Å²) in [5.41, 5.74) is 0.813. The maximum absolute atomic E-state index is 12.3. The first kappa shape index (κ1) is 14.8. The third-order valence-electron chi connectivity index (χ3n) is 4.67. The number of cyclic esters (lactones) is 1. The lowest BCUT2D eigenvalue weighted by Crippen LogP contribution is -2.46. The van der Waals surface area contributed by atoms with Gasteiger partial charge in [-0.3, -0.25) is 4.79 Å². The molecule has 6 heteroatoms. The van der Waals surface area contributed by atoms with Gasteiger partial charge in [0, 0.05) is 18.9 Å². The van der Waals surface area contributed by atoms with E-state index in [2.05, 4.69) is 0 Å². The second-order valence-corrected chi connectivity index (χ2v) is 6.03. The van der Waals surface area contributed by atoms with E-state index in [4.69, 9.17) is 13.9 Å². The van der Waals surface area contributed by atoms with Crippen molar-refractivity contribution in [1.29, 1.82) is 0 Å². The minimum absolute atomic E-state index is 0.233. The zero-order chi connectivity index (χ0) is 16.1. The van der Waals surface area contributed by atoms with Crippen molar-refractivity contribution in [3.8, 4) is 0 Å². The lowest BCUT2D eigenvalue weighted by molar-refractivity contribution is -0.158. The highest BCUT2D eigenvalue weighted by atomic mass is 16.6. The first-order valence-electron chi connectivity index (χ1n) is 7.15. The standard InChI is InChI=1S/C16H18O6/c1-8-11(18)6-12(21-9(2)17)16(3)13(8)15(19)22-14(16)10-4-5-20-7-10/h4-5,7,11-12,14,18H,6H2,1-3H3/t11-,12+,14+,16-/m1/s1. The topological polar surface area (TPSA) is 86.0 Å². The van der Waals surface area contributed by atoms with Crippen LogP contribution in [0.15, 0.2) is 34.2 Å². The van der Waals surface area contributed by atoms with Gasteiger partial charge in [0.25, 0.3) is 0 Å². The summed E-state index contributed by atoms with van der Waals surface area (Å²) in [6, 6.07) is 1.72. The van der Waals surface area contributed by atoms with Gasteiger partial charge >= 0.3 is 11.9 Å². The van der Waals surface area contributed by atoms with Gasteiger partial charge in [-0.1, -0.05) is 0 Å². The largest absolute Gasteiger partial charge is 0.472 e. The Morgan fingerprint density at radius 3 is 2.82 bits per heavy atom. The van der Waals surface area contributed by atoms with Gasteiger partial charge in [0.1, 0.15) is 12.2 Å². The molecule has 118 valence electrons. The van der Waals surface area contributed by atoms with Crippen LogP contribution in [0.25, 0.3) is 0 Å². The highest BCUT2D eigenvalue weighted by Gasteiger charge is 2.60. The smallest absolute Gasteiger partial charge is 0.335 e. The first-order chi connectivity index (χ1) is 10.4. The molecule has 1 N–H and O–H groups in total. The van der Waals surface area contributed by atoms with E-state index in [1.165, 1.54) is 19.5 Å². The number of hydrogen-bond acceptors (Lipinski definition) is 6. The number of ether oxygens (including phenoxy) is 2. The van der Waals surface area contributed by atoms with Gasteiger partial charge in [-0.25, -0.2) is 4.79 Å². The van der Waals surface area contributed by atoms with Gasteiger partial charge in [0.2, 0.25) is 0 Å².